The van der Waals surface area contributed by atoms with Gasteiger partial charge in [-0.25, -0.2) is 14.2 Å². The predicted molar refractivity (Wildman–Crippen MR) is 65.6 cm³/mol. The van der Waals surface area contributed by atoms with Crippen LogP contribution in [0.4, 0.5) is 10.1 Å². The predicted octanol–water partition coefficient (Wildman–Crippen LogP) is 2.45. The number of hydrogen-bond acceptors (Lipinski definition) is 3. The van der Waals surface area contributed by atoms with E-state index in [-0.39, 0.29) is 23.4 Å². The highest BCUT2D eigenvalue weighted by Gasteiger charge is 2.17. The number of carboxylic acids is 1. The van der Waals surface area contributed by atoms with Crippen LogP contribution in [0.2, 0.25) is 0 Å². The van der Waals surface area contributed by atoms with Crippen LogP contribution >= 0.6 is 15.9 Å². The van der Waals surface area contributed by atoms with Crippen molar-refractivity contribution in [2.45, 2.75) is 6.42 Å². The molecule has 1 heterocycles. The Morgan fingerprint density at radius 3 is 2.88 bits per heavy atom. The molecule has 4 nitrogen and oxygen atoms in total. The Kier molecular flexibility index (Phi) is 2.97. The van der Waals surface area contributed by atoms with E-state index in [1.807, 2.05) is 0 Å². The molecular formula is C11H8BrFN2O2. The van der Waals surface area contributed by atoms with Gasteiger partial charge in [0.05, 0.1) is 5.69 Å². The van der Waals surface area contributed by atoms with Crippen LogP contribution in [0.1, 0.15) is 12.0 Å². The molecule has 0 saturated heterocycles. The summed E-state index contributed by atoms with van der Waals surface area (Å²) in [5.41, 5.74) is 6.07. The zero-order valence-corrected chi connectivity index (χ0v) is 10.2. The fourth-order valence-electron chi connectivity index (χ4n) is 1.56. The van der Waals surface area contributed by atoms with Crippen LogP contribution in [0.3, 0.4) is 0 Å². The molecule has 0 saturated carbocycles. The van der Waals surface area contributed by atoms with Crippen molar-refractivity contribution < 1.29 is 14.3 Å². The fraction of sp³-hybridized carbons (Fsp3) is 0.0909. The van der Waals surface area contributed by atoms with Crippen molar-refractivity contribution in [1.82, 2.24) is 0 Å². The molecule has 0 radical (unpaired) electrons. The monoisotopic (exact) mass is 298 g/mol. The molecule has 0 aromatic heterocycles. The maximum atomic E-state index is 13.7. The van der Waals surface area contributed by atoms with E-state index >= 15 is 0 Å². The molecule has 1 aliphatic heterocycles. The Hall–Kier alpha value is -1.69. The minimum absolute atomic E-state index is 0.00106. The van der Waals surface area contributed by atoms with Gasteiger partial charge in [-0.2, -0.15) is 0 Å². The molecule has 0 aliphatic carbocycles. The van der Waals surface area contributed by atoms with E-state index in [4.69, 9.17) is 10.8 Å². The average Bonchev–Trinajstić information content (AvgIpc) is 2.36. The van der Waals surface area contributed by atoms with Gasteiger partial charge < -0.3 is 10.8 Å². The second-order valence-corrected chi connectivity index (χ2v) is 4.49. The number of benzene rings is 1. The number of amidine groups is 1. The van der Waals surface area contributed by atoms with Gasteiger partial charge in [-0.05, 0) is 18.2 Å². The number of carboxylic acid groups (broad SMARTS) is 1. The van der Waals surface area contributed by atoms with Crippen LogP contribution in [0.25, 0.3) is 6.08 Å². The molecule has 3 N–H and O–H groups in total. The summed E-state index contributed by atoms with van der Waals surface area (Å²) in [6, 6.07) is 2.85. The molecule has 0 fully saturated rings. The van der Waals surface area contributed by atoms with Gasteiger partial charge in [0.1, 0.15) is 11.7 Å². The van der Waals surface area contributed by atoms with Crippen LogP contribution in [-0.2, 0) is 4.79 Å². The molecule has 0 spiro atoms. The Labute approximate surface area is 105 Å². The van der Waals surface area contributed by atoms with Crippen LogP contribution < -0.4 is 5.73 Å². The van der Waals surface area contributed by atoms with Crippen molar-refractivity contribution in [1.29, 1.82) is 0 Å². The summed E-state index contributed by atoms with van der Waals surface area (Å²) in [5, 5.41) is 8.94. The fourth-order valence-corrected chi connectivity index (χ4v) is 1.98. The first kappa shape index (κ1) is 11.8. The van der Waals surface area contributed by atoms with Crippen LogP contribution in [0.5, 0.6) is 0 Å². The summed E-state index contributed by atoms with van der Waals surface area (Å²) < 4.78 is 14.2. The third kappa shape index (κ3) is 2.36. The Bertz CT molecular complexity index is 567. The summed E-state index contributed by atoms with van der Waals surface area (Å²) in [7, 11) is 0. The highest BCUT2D eigenvalue weighted by Crippen LogP contribution is 2.31. The van der Waals surface area contributed by atoms with Crippen molar-refractivity contribution >= 4 is 39.5 Å². The Morgan fingerprint density at radius 2 is 2.24 bits per heavy atom. The smallest absolute Gasteiger partial charge is 0.332 e. The highest BCUT2D eigenvalue weighted by atomic mass is 79.9. The van der Waals surface area contributed by atoms with E-state index in [9.17, 15) is 9.18 Å². The highest BCUT2D eigenvalue weighted by molar-refractivity contribution is 9.10. The minimum Gasteiger partial charge on any atom is -0.478 e. The van der Waals surface area contributed by atoms with E-state index < -0.39 is 11.8 Å². The number of carbonyl (C=O) groups is 1. The molecule has 0 unspecified atom stereocenters. The number of nitrogens with zero attached hydrogens (tertiary/aromatic N) is 1. The zero-order chi connectivity index (χ0) is 12.6. The van der Waals surface area contributed by atoms with E-state index in [2.05, 4.69) is 20.9 Å². The number of fused-ring (bicyclic) bond motifs is 1. The lowest BCUT2D eigenvalue weighted by atomic mass is 10.1. The maximum Gasteiger partial charge on any atom is 0.332 e. The molecule has 88 valence electrons. The van der Waals surface area contributed by atoms with Gasteiger partial charge in [-0.15, -0.1) is 0 Å². The minimum atomic E-state index is -1.13. The molecule has 17 heavy (non-hydrogen) atoms. The Morgan fingerprint density at radius 1 is 1.53 bits per heavy atom. The number of aliphatic imine (C=N–C) groups is 1. The van der Waals surface area contributed by atoms with Crippen molar-refractivity contribution in [3.05, 3.63) is 33.6 Å². The van der Waals surface area contributed by atoms with Crippen molar-refractivity contribution in [2.75, 3.05) is 0 Å². The van der Waals surface area contributed by atoms with Crippen molar-refractivity contribution in [2.24, 2.45) is 10.7 Å². The van der Waals surface area contributed by atoms with Gasteiger partial charge >= 0.3 is 5.97 Å². The van der Waals surface area contributed by atoms with Gasteiger partial charge in [0.2, 0.25) is 0 Å². The third-order valence-corrected chi connectivity index (χ3v) is 2.76. The molecule has 0 bridgehead atoms. The average molecular weight is 299 g/mol. The first-order chi connectivity index (χ1) is 7.97. The molecule has 1 aromatic rings. The van der Waals surface area contributed by atoms with Crippen LogP contribution in [0.15, 0.2) is 27.2 Å². The summed E-state index contributed by atoms with van der Waals surface area (Å²) in [5.74, 6) is -1.51. The van der Waals surface area contributed by atoms with Gasteiger partial charge in [-0.3, -0.25) is 0 Å². The zero-order valence-electron chi connectivity index (χ0n) is 8.58. The third-order valence-electron chi connectivity index (χ3n) is 2.30. The molecule has 6 heteroatoms. The quantitative estimate of drug-likeness (QED) is 0.836. The second-order valence-electron chi connectivity index (χ2n) is 3.58. The lowest BCUT2D eigenvalue weighted by molar-refractivity contribution is -0.132. The number of hydrogen-bond donors (Lipinski definition) is 2. The van der Waals surface area contributed by atoms with E-state index in [1.54, 1.807) is 6.07 Å². The number of nitrogens with two attached hydrogens (primary N) is 1. The van der Waals surface area contributed by atoms with Crippen molar-refractivity contribution in [3.8, 4) is 0 Å². The lowest BCUT2D eigenvalue weighted by Gasteiger charge is -2.02. The maximum absolute atomic E-state index is 13.7. The SMILES string of the molecule is NC1=Nc2cc(Br)cc(F)c2C=C(C(=O)O)C1. The summed E-state index contributed by atoms with van der Waals surface area (Å²) in [4.78, 5) is 14.9. The molecule has 1 aliphatic rings. The van der Waals surface area contributed by atoms with E-state index in [0.29, 0.717) is 10.2 Å². The molecule has 0 atom stereocenters. The van der Waals surface area contributed by atoms with E-state index in [0.717, 1.165) is 0 Å². The summed E-state index contributed by atoms with van der Waals surface area (Å²) in [6.07, 6.45) is 1.27. The largest absolute Gasteiger partial charge is 0.478 e. The standard InChI is InChI=1S/C11H8BrFN2O2/c12-6-3-8(13)7-1-5(11(16)17)2-10(14)15-9(7)4-6/h1,3-4H,2H2,(H2,14,15)(H,16,17). The van der Waals surface area contributed by atoms with Gasteiger partial charge in [0, 0.05) is 22.0 Å². The van der Waals surface area contributed by atoms with Crippen LogP contribution in [0, 0.1) is 5.82 Å². The molecule has 0 amide bonds. The number of halogens is 2. The van der Waals surface area contributed by atoms with E-state index in [1.165, 1.54) is 12.1 Å². The van der Waals surface area contributed by atoms with Gasteiger partial charge in [-0.1, -0.05) is 15.9 Å². The second kappa shape index (κ2) is 4.29. The number of rotatable bonds is 1. The topological polar surface area (TPSA) is 75.7 Å². The summed E-state index contributed by atoms with van der Waals surface area (Å²) in [6.45, 7) is 0. The van der Waals surface area contributed by atoms with Gasteiger partial charge in [0.15, 0.2) is 0 Å². The normalized spacial score (nSPS) is 14.5. The van der Waals surface area contributed by atoms with Gasteiger partial charge in [0.25, 0.3) is 0 Å². The summed E-state index contributed by atoms with van der Waals surface area (Å²) >= 11 is 3.14. The number of aliphatic carboxylic acids is 1. The first-order valence-corrected chi connectivity index (χ1v) is 5.52. The lowest BCUT2D eigenvalue weighted by Crippen LogP contribution is -2.14. The van der Waals surface area contributed by atoms with Crippen molar-refractivity contribution in [3.63, 3.8) is 0 Å². The molecular weight excluding hydrogens is 291 g/mol. The first-order valence-electron chi connectivity index (χ1n) is 4.73. The molecule has 1 aromatic carbocycles. The van der Waals surface area contributed by atoms with Crippen LogP contribution in [-0.4, -0.2) is 16.9 Å². The molecule has 2 rings (SSSR count). The Balaban J connectivity index is 2.69.